The third-order valence-corrected chi connectivity index (χ3v) is 6.61. The lowest BCUT2D eigenvalue weighted by atomic mass is 9.93. The second kappa shape index (κ2) is 8.84. The molecule has 0 aliphatic carbocycles. The van der Waals surface area contributed by atoms with Crippen LogP contribution in [0.2, 0.25) is 0 Å². The maximum absolute atomic E-state index is 13.5. The van der Waals surface area contributed by atoms with Gasteiger partial charge in [-0.2, -0.15) is 0 Å². The van der Waals surface area contributed by atoms with Crippen LogP contribution >= 0.6 is 11.3 Å². The minimum absolute atomic E-state index is 0.0151. The van der Waals surface area contributed by atoms with E-state index in [1.165, 1.54) is 10.4 Å². The predicted molar refractivity (Wildman–Crippen MR) is 121 cm³/mol. The Morgan fingerprint density at radius 3 is 2.37 bits per heavy atom. The van der Waals surface area contributed by atoms with E-state index in [9.17, 15) is 9.59 Å². The van der Waals surface area contributed by atoms with Crippen LogP contribution in [0.4, 0.5) is 0 Å². The molecule has 0 bridgehead atoms. The number of hydrogen-bond acceptors (Lipinski definition) is 3. The Morgan fingerprint density at radius 1 is 1.03 bits per heavy atom. The van der Waals surface area contributed by atoms with E-state index in [0.717, 1.165) is 12.0 Å². The van der Waals surface area contributed by atoms with Crippen molar-refractivity contribution >= 4 is 23.2 Å². The van der Waals surface area contributed by atoms with Gasteiger partial charge in [0.05, 0.1) is 6.04 Å². The van der Waals surface area contributed by atoms with Crippen molar-refractivity contribution in [3.63, 3.8) is 0 Å². The average molecular weight is 419 g/mol. The Labute approximate surface area is 181 Å². The molecule has 0 saturated heterocycles. The van der Waals surface area contributed by atoms with Crippen molar-refractivity contribution in [2.45, 2.75) is 32.4 Å². The van der Waals surface area contributed by atoms with Crippen LogP contribution in [0.15, 0.2) is 72.1 Å². The molecule has 154 valence electrons. The first-order valence-electron chi connectivity index (χ1n) is 10.3. The normalized spacial score (nSPS) is 15.7. The van der Waals surface area contributed by atoms with Crippen molar-refractivity contribution in [1.29, 1.82) is 0 Å². The predicted octanol–water partition coefficient (Wildman–Crippen LogP) is 4.77. The average Bonchev–Trinajstić information content (AvgIpc) is 3.26. The van der Waals surface area contributed by atoms with Crippen molar-refractivity contribution in [3.8, 4) is 0 Å². The molecule has 2 heterocycles. The van der Waals surface area contributed by atoms with E-state index < -0.39 is 0 Å². The molecule has 1 aliphatic heterocycles. The number of rotatable bonds is 5. The lowest BCUT2D eigenvalue weighted by molar-refractivity contribution is -0.134. The van der Waals surface area contributed by atoms with Gasteiger partial charge in [-0.05, 0) is 55.0 Å². The minimum Gasteiger partial charge on any atom is -0.330 e. The Hall–Kier alpha value is -2.92. The summed E-state index contributed by atoms with van der Waals surface area (Å²) in [5.41, 5.74) is 2.92. The van der Waals surface area contributed by atoms with Crippen LogP contribution in [0.25, 0.3) is 0 Å². The number of nitrogens with zero attached hydrogens (tertiary/aromatic N) is 2. The molecule has 4 rings (SSSR count). The maximum atomic E-state index is 13.5. The fourth-order valence-corrected chi connectivity index (χ4v) is 4.96. The first-order valence-corrected chi connectivity index (χ1v) is 11.2. The largest absolute Gasteiger partial charge is 0.330 e. The Balaban J connectivity index is 1.61. The highest BCUT2D eigenvalue weighted by Gasteiger charge is 2.34. The Morgan fingerprint density at radius 2 is 1.70 bits per heavy atom. The van der Waals surface area contributed by atoms with Crippen molar-refractivity contribution in [3.05, 3.63) is 93.7 Å². The Bertz CT molecular complexity index is 1010. The van der Waals surface area contributed by atoms with Crippen LogP contribution in [0.3, 0.4) is 0 Å². The fourth-order valence-electron chi connectivity index (χ4n) is 4.05. The van der Waals surface area contributed by atoms with E-state index in [2.05, 4.69) is 23.6 Å². The van der Waals surface area contributed by atoms with Gasteiger partial charge in [-0.25, -0.2) is 0 Å². The summed E-state index contributed by atoms with van der Waals surface area (Å²) in [6.07, 6.45) is 0.858. The molecule has 4 nitrogen and oxygen atoms in total. The summed E-state index contributed by atoms with van der Waals surface area (Å²) in [4.78, 5) is 31.5. The van der Waals surface area contributed by atoms with E-state index in [1.54, 1.807) is 28.4 Å². The smallest absolute Gasteiger partial charge is 0.254 e. The second-order valence-electron chi connectivity index (χ2n) is 7.84. The zero-order valence-corrected chi connectivity index (χ0v) is 18.1. The highest BCUT2D eigenvalue weighted by Crippen LogP contribution is 2.37. The number of benzene rings is 2. The first-order chi connectivity index (χ1) is 14.6. The van der Waals surface area contributed by atoms with Gasteiger partial charge in [0, 0.05) is 23.0 Å². The number of fused-ring (bicyclic) bond motifs is 1. The number of thiophene rings is 1. The summed E-state index contributed by atoms with van der Waals surface area (Å²) in [6.45, 7) is 4.65. The summed E-state index contributed by atoms with van der Waals surface area (Å²) in [6, 6.07) is 21.3. The van der Waals surface area contributed by atoms with Crippen LogP contribution in [0.5, 0.6) is 0 Å². The molecule has 1 atom stereocenters. The number of carbonyl (C=O) groups is 2. The molecule has 2 amide bonds. The maximum Gasteiger partial charge on any atom is 0.254 e. The number of hydrogen-bond donors (Lipinski definition) is 0. The molecular weight excluding hydrogens is 392 g/mol. The molecule has 0 radical (unpaired) electrons. The molecule has 0 saturated carbocycles. The van der Waals surface area contributed by atoms with Crippen molar-refractivity contribution < 1.29 is 9.59 Å². The minimum atomic E-state index is -0.108. The highest BCUT2D eigenvalue weighted by atomic mass is 32.1. The van der Waals surface area contributed by atoms with Gasteiger partial charge in [0.15, 0.2) is 0 Å². The summed E-state index contributed by atoms with van der Waals surface area (Å²) in [7, 11) is 0. The van der Waals surface area contributed by atoms with Gasteiger partial charge in [-0.3, -0.25) is 9.59 Å². The summed E-state index contributed by atoms with van der Waals surface area (Å²) in [5.74, 6) is -0.123. The third-order valence-electron chi connectivity index (χ3n) is 5.61. The van der Waals surface area contributed by atoms with Gasteiger partial charge < -0.3 is 9.80 Å². The van der Waals surface area contributed by atoms with E-state index in [-0.39, 0.29) is 30.4 Å². The molecule has 3 aromatic rings. The third kappa shape index (κ3) is 4.03. The SMILES string of the molecule is CC(C)N(CC(=O)N1CCc2sccc2C1c1ccccc1)C(=O)c1ccccc1. The summed E-state index contributed by atoms with van der Waals surface area (Å²) >= 11 is 1.76. The summed E-state index contributed by atoms with van der Waals surface area (Å²) < 4.78 is 0. The first kappa shape index (κ1) is 20.4. The van der Waals surface area contributed by atoms with Crippen LogP contribution in [-0.2, 0) is 11.2 Å². The van der Waals surface area contributed by atoms with Crippen LogP contribution < -0.4 is 0 Å². The molecule has 30 heavy (non-hydrogen) atoms. The molecule has 1 aliphatic rings. The molecule has 0 N–H and O–H groups in total. The fraction of sp³-hybridized carbons (Fsp3) is 0.280. The van der Waals surface area contributed by atoms with Gasteiger partial charge in [-0.15, -0.1) is 11.3 Å². The van der Waals surface area contributed by atoms with Crippen LogP contribution in [0.1, 0.15) is 46.3 Å². The van der Waals surface area contributed by atoms with E-state index in [1.807, 2.05) is 55.1 Å². The van der Waals surface area contributed by atoms with Crippen molar-refractivity contribution in [2.24, 2.45) is 0 Å². The number of carbonyl (C=O) groups excluding carboxylic acids is 2. The van der Waals surface area contributed by atoms with Gasteiger partial charge in [0.1, 0.15) is 6.54 Å². The lowest BCUT2D eigenvalue weighted by Gasteiger charge is -2.38. The van der Waals surface area contributed by atoms with Gasteiger partial charge >= 0.3 is 0 Å². The van der Waals surface area contributed by atoms with Gasteiger partial charge in [-0.1, -0.05) is 48.5 Å². The monoisotopic (exact) mass is 418 g/mol. The van der Waals surface area contributed by atoms with Crippen molar-refractivity contribution in [1.82, 2.24) is 9.80 Å². The molecule has 2 aromatic carbocycles. The molecule has 1 unspecified atom stereocenters. The second-order valence-corrected chi connectivity index (χ2v) is 8.84. The summed E-state index contributed by atoms with van der Waals surface area (Å²) in [5, 5.41) is 2.11. The zero-order valence-electron chi connectivity index (χ0n) is 17.3. The molecule has 0 fully saturated rings. The van der Waals surface area contributed by atoms with Crippen LogP contribution in [-0.4, -0.2) is 40.7 Å². The van der Waals surface area contributed by atoms with E-state index in [0.29, 0.717) is 12.1 Å². The molecule has 0 spiro atoms. The Kier molecular flexibility index (Phi) is 6.00. The van der Waals surface area contributed by atoms with Gasteiger partial charge in [0.25, 0.3) is 5.91 Å². The van der Waals surface area contributed by atoms with Gasteiger partial charge in [0.2, 0.25) is 5.91 Å². The molecular formula is C25H26N2O2S. The standard InChI is InChI=1S/C25H26N2O2S/c1-18(2)27(25(29)20-11-7-4-8-12-20)17-23(28)26-15-13-22-21(14-16-30-22)24(26)19-9-5-3-6-10-19/h3-12,14,16,18,24H,13,15,17H2,1-2H3. The van der Waals surface area contributed by atoms with E-state index >= 15 is 0 Å². The van der Waals surface area contributed by atoms with Crippen LogP contribution in [0, 0.1) is 0 Å². The molecule has 1 aromatic heterocycles. The lowest BCUT2D eigenvalue weighted by Crippen LogP contribution is -2.48. The topological polar surface area (TPSA) is 40.6 Å². The molecule has 5 heteroatoms. The highest BCUT2D eigenvalue weighted by molar-refractivity contribution is 7.10. The van der Waals surface area contributed by atoms with E-state index in [4.69, 9.17) is 0 Å². The zero-order chi connectivity index (χ0) is 21.1. The van der Waals surface area contributed by atoms with Crippen molar-refractivity contribution in [2.75, 3.05) is 13.1 Å². The quantitative estimate of drug-likeness (QED) is 0.599. The number of amides is 2.